The van der Waals surface area contributed by atoms with Gasteiger partial charge in [0, 0.05) is 6.07 Å². The van der Waals surface area contributed by atoms with Crippen molar-refractivity contribution in [3.05, 3.63) is 47.7 Å². The first kappa shape index (κ1) is 16.2. The average molecular weight is 323 g/mol. The standard InChI is InChI=1S/C14H17N3O4S/c1-10-8-13(16-21-10)15-14(18)12(17-22(2,19)20)9-11-6-4-3-5-7-11/h3-8,12,17H,9H2,1-2H3,(H,15,16,18). The Labute approximate surface area is 128 Å². The number of aromatic nitrogens is 1. The van der Waals surface area contributed by atoms with Crippen molar-refractivity contribution in [1.82, 2.24) is 9.88 Å². The van der Waals surface area contributed by atoms with Crippen LogP contribution in [-0.2, 0) is 21.2 Å². The average Bonchev–Trinajstić information content (AvgIpc) is 2.83. The van der Waals surface area contributed by atoms with Crippen molar-refractivity contribution in [3.8, 4) is 0 Å². The summed E-state index contributed by atoms with van der Waals surface area (Å²) < 4.78 is 30.1. The predicted molar refractivity (Wildman–Crippen MR) is 81.8 cm³/mol. The lowest BCUT2D eigenvalue weighted by Crippen LogP contribution is -2.44. The summed E-state index contributed by atoms with van der Waals surface area (Å²) in [4.78, 5) is 12.3. The van der Waals surface area contributed by atoms with E-state index in [4.69, 9.17) is 4.52 Å². The molecule has 0 aliphatic heterocycles. The van der Waals surface area contributed by atoms with Gasteiger partial charge in [-0.05, 0) is 18.9 Å². The topological polar surface area (TPSA) is 101 Å². The SMILES string of the molecule is Cc1cc(NC(=O)C(Cc2ccccc2)NS(C)(=O)=O)no1. The van der Waals surface area contributed by atoms with Gasteiger partial charge in [0.25, 0.3) is 0 Å². The molecule has 22 heavy (non-hydrogen) atoms. The first-order valence-corrected chi connectivity index (χ1v) is 8.48. The van der Waals surface area contributed by atoms with Crippen molar-refractivity contribution in [1.29, 1.82) is 0 Å². The lowest BCUT2D eigenvalue weighted by atomic mass is 10.1. The minimum Gasteiger partial charge on any atom is -0.360 e. The molecular formula is C14H17N3O4S. The van der Waals surface area contributed by atoms with Gasteiger partial charge in [-0.3, -0.25) is 4.79 Å². The monoisotopic (exact) mass is 323 g/mol. The number of nitrogens with zero attached hydrogens (tertiary/aromatic N) is 1. The van der Waals surface area contributed by atoms with Crippen LogP contribution in [0.3, 0.4) is 0 Å². The Morgan fingerprint density at radius 3 is 2.55 bits per heavy atom. The Bertz CT molecular complexity index is 740. The molecule has 0 fully saturated rings. The fourth-order valence-corrected chi connectivity index (χ4v) is 2.64. The van der Waals surface area contributed by atoms with E-state index < -0.39 is 22.0 Å². The second-order valence-corrected chi connectivity index (χ2v) is 6.72. The van der Waals surface area contributed by atoms with Crippen LogP contribution in [0.25, 0.3) is 0 Å². The van der Waals surface area contributed by atoms with Gasteiger partial charge in [-0.1, -0.05) is 35.5 Å². The number of anilines is 1. The molecule has 118 valence electrons. The summed E-state index contributed by atoms with van der Waals surface area (Å²) in [7, 11) is -3.53. The van der Waals surface area contributed by atoms with E-state index >= 15 is 0 Å². The minimum atomic E-state index is -3.53. The third-order valence-corrected chi connectivity index (χ3v) is 3.55. The second-order valence-electron chi connectivity index (χ2n) is 4.94. The van der Waals surface area contributed by atoms with E-state index in [1.807, 2.05) is 30.3 Å². The maximum absolute atomic E-state index is 12.3. The number of sulfonamides is 1. The number of aryl methyl sites for hydroxylation is 1. The summed E-state index contributed by atoms with van der Waals surface area (Å²) in [6, 6.07) is 9.76. The molecule has 2 aromatic rings. The van der Waals surface area contributed by atoms with Crippen LogP contribution < -0.4 is 10.0 Å². The van der Waals surface area contributed by atoms with E-state index in [1.54, 1.807) is 13.0 Å². The van der Waals surface area contributed by atoms with E-state index in [2.05, 4.69) is 15.2 Å². The van der Waals surface area contributed by atoms with E-state index in [1.165, 1.54) is 0 Å². The van der Waals surface area contributed by atoms with Gasteiger partial charge in [0.1, 0.15) is 11.8 Å². The van der Waals surface area contributed by atoms with Gasteiger partial charge in [-0.2, -0.15) is 0 Å². The van der Waals surface area contributed by atoms with E-state index in [-0.39, 0.29) is 12.2 Å². The Balaban J connectivity index is 2.14. The molecule has 0 bridgehead atoms. The van der Waals surface area contributed by atoms with Crippen LogP contribution in [0.2, 0.25) is 0 Å². The van der Waals surface area contributed by atoms with E-state index in [0.717, 1.165) is 11.8 Å². The number of carbonyl (C=O) groups excluding carboxylic acids is 1. The third kappa shape index (κ3) is 4.97. The molecule has 8 heteroatoms. The van der Waals surface area contributed by atoms with E-state index in [0.29, 0.717) is 5.76 Å². The second kappa shape index (κ2) is 6.71. The molecule has 2 N–H and O–H groups in total. The number of amides is 1. The van der Waals surface area contributed by atoms with Gasteiger partial charge in [0.2, 0.25) is 15.9 Å². The highest BCUT2D eigenvalue weighted by Crippen LogP contribution is 2.10. The van der Waals surface area contributed by atoms with Gasteiger partial charge in [-0.15, -0.1) is 0 Å². The molecule has 0 saturated carbocycles. The summed E-state index contributed by atoms with van der Waals surface area (Å²) in [6.07, 6.45) is 1.25. The Hall–Kier alpha value is -2.19. The zero-order valence-electron chi connectivity index (χ0n) is 12.2. The van der Waals surface area contributed by atoms with Crippen LogP contribution in [0.4, 0.5) is 5.82 Å². The van der Waals surface area contributed by atoms with Crippen LogP contribution in [0.1, 0.15) is 11.3 Å². The van der Waals surface area contributed by atoms with Crippen molar-refractivity contribution in [2.24, 2.45) is 0 Å². The summed E-state index contributed by atoms with van der Waals surface area (Å²) in [6.45, 7) is 1.69. The number of hydrogen-bond donors (Lipinski definition) is 2. The first-order valence-electron chi connectivity index (χ1n) is 6.59. The summed E-state index contributed by atoms with van der Waals surface area (Å²) in [5.41, 5.74) is 0.843. The Morgan fingerprint density at radius 1 is 1.32 bits per heavy atom. The molecule has 1 amide bonds. The molecule has 0 spiro atoms. The Kier molecular flexibility index (Phi) is 4.94. The Morgan fingerprint density at radius 2 is 2.00 bits per heavy atom. The van der Waals surface area contributed by atoms with Crippen molar-refractivity contribution < 1.29 is 17.7 Å². The van der Waals surface area contributed by atoms with Crippen molar-refractivity contribution in [3.63, 3.8) is 0 Å². The molecule has 0 aliphatic carbocycles. The molecule has 0 aliphatic rings. The number of benzene rings is 1. The number of rotatable bonds is 6. The lowest BCUT2D eigenvalue weighted by Gasteiger charge is -2.16. The quantitative estimate of drug-likeness (QED) is 0.828. The fraction of sp³-hybridized carbons (Fsp3) is 0.286. The van der Waals surface area contributed by atoms with E-state index in [9.17, 15) is 13.2 Å². The van der Waals surface area contributed by atoms with Gasteiger partial charge >= 0.3 is 0 Å². The highest BCUT2D eigenvalue weighted by atomic mass is 32.2. The number of nitrogens with one attached hydrogen (secondary N) is 2. The zero-order valence-corrected chi connectivity index (χ0v) is 13.1. The van der Waals surface area contributed by atoms with Crippen LogP contribution in [0.5, 0.6) is 0 Å². The highest BCUT2D eigenvalue weighted by molar-refractivity contribution is 7.88. The largest absolute Gasteiger partial charge is 0.360 e. The molecule has 1 heterocycles. The molecule has 1 aromatic carbocycles. The molecule has 1 atom stereocenters. The minimum absolute atomic E-state index is 0.233. The van der Waals surface area contributed by atoms with Crippen molar-refractivity contribution in [2.45, 2.75) is 19.4 Å². The first-order chi connectivity index (χ1) is 10.3. The fourth-order valence-electron chi connectivity index (χ4n) is 1.93. The summed E-state index contributed by atoms with van der Waals surface area (Å²) in [5, 5.41) is 6.19. The molecular weight excluding hydrogens is 306 g/mol. The van der Waals surface area contributed by atoms with Crippen LogP contribution >= 0.6 is 0 Å². The molecule has 0 radical (unpaired) electrons. The van der Waals surface area contributed by atoms with Crippen LogP contribution in [0, 0.1) is 6.92 Å². The lowest BCUT2D eigenvalue weighted by molar-refractivity contribution is -0.117. The molecule has 1 aromatic heterocycles. The molecule has 7 nitrogen and oxygen atoms in total. The molecule has 2 rings (SSSR count). The zero-order chi connectivity index (χ0) is 16.2. The smallest absolute Gasteiger partial charge is 0.244 e. The molecule has 0 saturated heterocycles. The predicted octanol–water partition coefficient (Wildman–Crippen LogP) is 1.08. The van der Waals surface area contributed by atoms with Crippen molar-refractivity contribution in [2.75, 3.05) is 11.6 Å². The maximum atomic E-state index is 12.3. The van der Waals surface area contributed by atoms with Crippen molar-refractivity contribution >= 4 is 21.7 Å². The summed E-state index contributed by atoms with van der Waals surface area (Å²) >= 11 is 0. The maximum Gasteiger partial charge on any atom is 0.244 e. The van der Waals surface area contributed by atoms with Gasteiger partial charge in [-0.25, -0.2) is 13.1 Å². The molecule has 1 unspecified atom stereocenters. The number of carbonyl (C=O) groups is 1. The van der Waals surface area contributed by atoms with Crippen LogP contribution in [-0.4, -0.2) is 31.8 Å². The normalized spacial score (nSPS) is 12.8. The highest BCUT2D eigenvalue weighted by Gasteiger charge is 2.23. The van der Waals surface area contributed by atoms with Gasteiger partial charge < -0.3 is 9.84 Å². The van der Waals surface area contributed by atoms with Crippen LogP contribution in [0.15, 0.2) is 40.9 Å². The number of hydrogen-bond acceptors (Lipinski definition) is 5. The summed E-state index contributed by atoms with van der Waals surface area (Å²) in [5.74, 6) is 0.296. The van der Waals surface area contributed by atoms with Gasteiger partial charge in [0.05, 0.1) is 6.26 Å². The third-order valence-electron chi connectivity index (χ3n) is 2.83. The van der Waals surface area contributed by atoms with Gasteiger partial charge in [0.15, 0.2) is 5.82 Å².